The molecule has 1 rings (SSSR count). The Morgan fingerprint density at radius 3 is 2.48 bits per heavy atom. The van der Waals surface area contributed by atoms with Crippen LogP contribution in [-0.2, 0) is 14.3 Å². The molecular weight excluding hydrogens is 455 g/mol. The summed E-state index contributed by atoms with van der Waals surface area (Å²) >= 11 is 17.5. The van der Waals surface area contributed by atoms with E-state index in [2.05, 4.69) is 11.7 Å². The highest BCUT2D eigenvalue weighted by Crippen LogP contribution is 2.30. The molecule has 0 saturated heterocycles. The number of carbonyl (C=O) groups excluding carboxylic acids is 2. The fourth-order valence-electron chi connectivity index (χ4n) is 2.33. The Morgan fingerprint density at radius 1 is 1.07 bits per heavy atom. The number of methoxy groups -OCH3 is 1. The molecule has 29 heavy (non-hydrogen) atoms. The van der Waals surface area contributed by atoms with Gasteiger partial charge in [0.15, 0.2) is 11.5 Å². The van der Waals surface area contributed by atoms with E-state index >= 15 is 0 Å². The van der Waals surface area contributed by atoms with Gasteiger partial charge in [-0.1, -0.05) is 32.3 Å². The van der Waals surface area contributed by atoms with Gasteiger partial charge in [0.05, 0.1) is 13.7 Å². The molecular formula is C20H27Cl3O5Si. The van der Waals surface area contributed by atoms with Gasteiger partial charge in [0.1, 0.15) is 0 Å². The van der Waals surface area contributed by atoms with Crippen molar-refractivity contribution in [2.75, 3.05) is 13.7 Å². The largest absolute Gasteiger partial charge is 0.490 e. The van der Waals surface area contributed by atoms with E-state index in [-0.39, 0.29) is 12.4 Å². The highest BCUT2D eigenvalue weighted by molar-refractivity contribution is 7.64. The predicted octanol–water partition coefficient (Wildman–Crippen LogP) is 6.17. The molecule has 0 saturated carbocycles. The number of ether oxygens (including phenoxy) is 3. The molecule has 9 heteroatoms. The molecule has 0 unspecified atom stereocenters. The molecule has 1 aromatic carbocycles. The first-order chi connectivity index (χ1) is 13.7. The van der Waals surface area contributed by atoms with Crippen molar-refractivity contribution in [2.45, 2.75) is 51.5 Å². The number of hydrogen-bond donors (Lipinski definition) is 0. The van der Waals surface area contributed by atoms with Crippen molar-refractivity contribution in [1.29, 1.82) is 0 Å². The van der Waals surface area contributed by atoms with E-state index in [4.69, 9.17) is 42.7 Å². The summed E-state index contributed by atoms with van der Waals surface area (Å²) in [5.41, 5.74) is 0.734. The molecule has 0 bridgehead atoms. The maximum absolute atomic E-state index is 12.2. The molecule has 0 heterocycles. The Bertz CT molecular complexity index is 689. The SMILES string of the molecule is CCCCOc1cc(C=CC(=O)OC)ccc1OC(=O)CCCCC[Si](Cl)(Cl)Cl. The average Bonchev–Trinajstić information content (AvgIpc) is 2.66. The van der Waals surface area contributed by atoms with E-state index in [0.717, 1.165) is 31.2 Å². The summed E-state index contributed by atoms with van der Waals surface area (Å²) < 4.78 is 15.8. The quantitative estimate of drug-likeness (QED) is 0.0841. The van der Waals surface area contributed by atoms with Gasteiger partial charge in [-0.25, -0.2) is 4.79 Å². The van der Waals surface area contributed by atoms with Crippen LogP contribution in [0, 0.1) is 0 Å². The lowest BCUT2D eigenvalue weighted by Crippen LogP contribution is -2.10. The first kappa shape index (κ1) is 25.8. The average molecular weight is 482 g/mol. The van der Waals surface area contributed by atoms with Crippen LogP contribution in [0.25, 0.3) is 6.08 Å². The predicted molar refractivity (Wildman–Crippen MR) is 120 cm³/mol. The number of benzene rings is 1. The Morgan fingerprint density at radius 2 is 1.83 bits per heavy atom. The Balaban J connectivity index is 2.68. The van der Waals surface area contributed by atoms with Crippen LogP contribution in [0.5, 0.6) is 11.5 Å². The fourth-order valence-corrected chi connectivity index (χ4v) is 4.18. The number of esters is 2. The van der Waals surface area contributed by atoms with Crippen LogP contribution in [0.2, 0.25) is 6.04 Å². The summed E-state index contributed by atoms with van der Waals surface area (Å²) in [4.78, 5) is 23.4. The van der Waals surface area contributed by atoms with Crippen LogP contribution in [0.15, 0.2) is 24.3 Å². The van der Waals surface area contributed by atoms with Gasteiger partial charge < -0.3 is 14.2 Å². The number of carbonyl (C=O) groups is 2. The molecule has 162 valence electrons. The molecule has 5 nitrogen and oxygen atoms in total. The van der Waals surface area contributed by atoms with Crippen molar-refractivity contribution < 1.29 is 23.8 Å². The van der Waals surface area contributed by atoms with E-state index < -0.39 is 12.0 Å². The lowest BCUT2D eigenvalue weighted by molar-refractivity contribution is -0.135. The zero-order valence-electron chi connectivity index (χ0n) is 16.7. The van der Waals surface area contributed by atoms with Crippen LogP contribution >= 0.6 is 33.2 Å². The van der Waals surface area contributed by atoms with Gasteiger partial charge >= 0.3 is 17.9 Å². The third-order valence-corrected chi connectivity index (χ3v) is 6.52. The van der Waals surface area contributed by atoms with Crippen molar-refractivity contribution in [2.24, 2.45) is 0 Å². The highest BCUT2D eigenvalue weighted by Gasteiger charge is 2.23. The molecule has 0 aliphatic heterocycles. The Kier molecular flexibility index (Phi) is 12.4. The Labute approximate surface area is 187 Å². The third kappa shape index (κ3) is 12.2. The van der Waals surface area contributed by atoms with Gasteiger partial charge in [-0.2, -0.15) is 0 Å². The van der Waals surface area contributed by atoms with Crippen molar-refractivity contribution in [3.8, 4) is 11.5 Å². The molecule has 1 aromatic rings. The van der Waals surface area contributed by atoms with Crippen molar-refractivity contribution in [3.63, 3.8) is 0 Å². The van der Waals surface area contributed by atoms with Crippen LogP contribution in [-0.4, -0.2) is 31.7 Å². The lowest BCUT2D eigenvalue weighted by Gasteiger charge is -2.12. The molecule has 0 fully saturated rings. The first-order valence-corrected chi connectivity index (χ1v) is 14.8. The lowest BCUT2D eigenvalue weighted by atomic mass is 10.2. The van der Waals surface area contributed by atoms with Gasteiger partial charge in [-0.05, 0) is 42.7 Å². The molecule has 0 atom stereocenters. The second kappa shape index (κ2) is 13.9. The topological polar surface area (TPSA) is 61.8 Å². The Hall–Kier alpha value is -1.21. The summed E-state index contributed by atoms with van der Waals surface area (Å²) in [6.07, 6.45) is 7.31. The summed E-state index contributed by atoms with van der Waals surface area (Å²) in [7, 11) is 1.31. The minimum atomic E-state index is -2.59. The molecule has 0 N–H and O–H groups in total. The monoisotopic (exact) mass is 480 g/mol. The van der Waals surface area contributed by atoms with E-state index in [1.54, 1.807) is 24.3 Å². The summed E-state index contributed by atoms with van der Waals surface area (Å²) in [6, 6.07) is 3.11. The molecule has 0 aliphatic rings. The molecule has 0 aromatic heterocycles. The van der Waals surface area contributed by atoms with Gasteiger partial charge in [0.2, 0.25) is 0 Å². The normalized spacial score (nSPS) is 11.5. The third-order valence-electron chi connectivity index (χ3n) is 3.90. The summed E-state index contributed by atoms with van der Waals surface area (Å²) in [6.45, 7) is 2.57. The fraction of sp³-hybridized carbons (Fsp3) is 0.500. The molecule has 0 aliphatic carbocycles. The minimum Gasteiger partial charge on any atom is -0.490 e. The van der Waals surface area contributed by atoms with Crippen LogP contribution in [0.3, 0.4) is 0 Å². The number of unbranched alkanes of at least 4 members (excludes halogenated alkanes) is 3. The molecule has 0 spiro atoms. The van der Waals surface area contributed by atoms with Crippen molar-refractivity contribution in [1.82, 2.24) is 0 Å². The van der Waals surface area contributed by atoms with Crippen molar-refractivity contribution in [3.05, 3.63) is 29.8 Å². The van der Waals surface area contributed by atoms with Gasteiger partial charge in [-0.3, -0.25) is 4.79 Å². The van der Waals surface area contributed by atoms with Gasteiger partial charge in [0, 0.05) is 12.5 Å². The highest BCUT2D eigenvalue weighted by atomic mass is 35.8. The second-order valence-electron chi connectivity index (χ2n) is 6.41. The van der Waals surface area contributed by atoms with E-state index in [0.29, 0.717) is 30.6 Å². The first-order valence-electron chi connectivity index (χ1n) is 9.55. The maximum Gasteiger partial charge on any atom is 0.341 e. The standard InChI is InChI=1S/C20H27Cl3O5Si/c1-3-4-13-27-18-15-16(10-12-19(24)26-2)9-11-17(18)28-20(25)8-6-5-7-14-29(21,22)23/h9-12,15H,3-8,13-14H2,1-2H3. The molecule has 0 radical (unpaired) electrons. The van der Waals surface area contributed by atoms with Gasteiger partial charge in [0.25, 0.3) is 0 Å². The maximum atomic E-state index is 12.2. The second-order valence-corrected chi connectivity index (χ2v) is 15.7. The van der Waals surface area contributed by atoms with Crippen LogP contribution in [0.1, 0.15) is 51.0 Å². The van der Waals surface area contributed by atoms with E-state index in [1.165, 1.54) is 13.2 Å². The van der Waals surface area contributed by atoms with Crippen LogP contribution in [0.4, 0.5) is 0 Å². The van der Waals surface area contributed by atoms with E-state index in [1.807, 2.05) is 0 Å². The summed E-state index contributed by atoms with van der Waals surface area (Å²) in [5.74, 6) is 0.0247. The zero-order valence-corrected chi connectivity index (χ0v) is 20.0. The minimum absolute atomic E-state index is 0.278. The van der Waals surface area contributed by atoms with E-state index in [9.17, 15) is 9.59 Å². The molecule has 0 amide bonds. The number of hydrogen-bond acceptors (Lipinski definition) is 5. The van der Waals surface area contributed by atoms with Crippen LogP contribution < -0.4 is 9.47 Å². The smallest absolute Gasteiger partial charge is 0.341 e. The zero-order chi connectivity index (χ0) is 21.7. The summed E-state index contributed by atoms with van der Waals surface area (Å²) in [5, 5.41) is 0. The number of halogens is 3. The van der Waals surface area contributed by atoms with Crippen molar-refractivity contribution >= 4 is 57.3 Å². The van der Waals surface area contributed by atoms with Gasteiger partial charge in [-0.15, -0.1) is 33.2 Å². The number of rotatable bonds is 13.